The number of nitrogens with zero attached hydrogens (tertiary/aromatic N) is 3. The number of carbonyl (C=O) groups is 2. The molecule has 2 N–H and O–H groups in total. The number of amides is 1. The van der Waals surface area contributed by atoms with Crippen LogP contribution in [0.2, 0.25) is 0 Å². The van der Waals surface area contributed by atoms with Crippen LogP contribution in [-0.4, -0.2) is 57.9 Å². The molecular formula is C21H28N4O4. The van der Waals surface area contributed by atoms with Gasteiger partial charge in [-0.2, -0.15) is 5.10 Å². The van der Waals surface area contributed by atoms with Crippen LogP contribution in [0.3, 0.4) is 0 Å². The quantitative estimate of drug-likeness (QED) is 0.690. The molecule has 1 saturated heterocycles. The minimum Gasteiger partial charge on any atom is -0.462 e. The van der Waals surface area contributed by atoms with Crippen LogP contribution >= 0.6 is 0 Å². The molecule has 1 amide bonds. The Morgan fingerprint density at radius 3 is 2.62 bits per heavy atom. The van der Waals surface area contributed by atoms with E-state index in [2.05, 4.69) is 15.3 Å². The van der Waals surface area contributed by atoms with Crippen molar-refractivity contribution in [2.45, 2.75) is 25.9 Å². The zero-order valence-corrected chi connectivity index (χ0v) is 16.9. The number of aliphatic hydroxyl groups is 1. The molecular weight excluding hydrogens is 372 g/mol. The summed E-state index contributed by atoms with van der Waals surface area (Å²) in [6, 6.07) is 9.69. The van der Waals surface area contributed by atoms with Crippen LogP contribution in [-0.2, 0) is 16.6 Å². The molecule has 2 heterocycles. The number of rotatable bonds is 7. The molecule has 156 valence electrons. The zero-order valence-electron chi connectivity index (χ0n) is 16.9. The van der Waals surface area contributed by atoms with Gasteiger partial charge in [0.15, 0.2) is 0 Å². The summed E-state index contributed by atoms with van der Waals surface area (Å²) in [6.45, 7) is 3.67. The molecule has 0 spiro atoms. The molecule has 3 rings (SSSR count). The Morgan fingerprint density at radius 2 is 1.97 bits per heavy atom. The second kappa shape index (κ2) is 9.67. The molecule has 8 heteroatoms. The summed E-state index contributed by atoms with van der Waals surface area (Å²) in [6.07, 6.45) is 2.56. The fourth-order valence-corrected chi connectivity index (χ4v) is 3.67. The average molecular weight is 400 g/mol. The predicted octanol–water partition coefficient (Wildman–Crippen LogP) is 1.98. The predicted molar refractivity (Wildman–Crippen MR) is 108 cm³/mol. The lowest BCUT2D eigenvalue weighted by Gasteiger charge is -2.34. The van der Waals surface area contributed by atoms with Crippen molar-refractivity contribution in [2.75, 3.05) is 31.6 Å². The molecule has 1 aliphatic rings. The highest BCUT2D eigenvalue weighted by molar-refractivity contribution is 6.00. The van der Waals surface area contributed by atoms with Gasteiger partial charge in [0.05, 0.1) is 25.5 Å². The maximum atomic E-state index is 12.5. The van der Waals surface area contributed by atoms with Gasteiger partial charge in [-0.15, -0.1) is 0 Å². The first kappa shape index (κ1) is 21.0. The molecule has 1 aromatic carbocycles. The standard InChI is InChI=1S/C21H28N4O4/c1-3-29-21(28)17-13-22-24(2)20(17)23-18(26)14-25-11-9-16(10-12-25)19(27)15-7-5-4-6-8-15/h4-8,13,16,19,27H,3,9-12,14H2,1-2H3,(H,23,26). The summed E-state index contributed by atoms with van der Waals surface area (Å²) in [4.78, 5) is 26.6. The Hall–Kier alpha value is -2.71. The van der Waals surface area contributed by atoms with Gasteiger partial charge >= 0.3 is 5.97 Å². The van der Waals surface area contributed by atoms with Crippen LogP contribution in [0.25, 0.3) is 0 Å². The van der Waals surface area contributed by atoms with Gasteiger partial charge in [0.1, 0.15) is 11.4 Å². The Bertz CT molecular complexity index is 828. The fourth-order valence-electron chi connectivity index (χ4n) is 3.67. The van der Waals surface area contributed by atoms with Gasteiger partial charge in [-0.3, -0.25) is 14.4 Å². The van der Waals surface area contributed by atoms with Crippen LogP contribution in [0.1, 0.15) is 41.8 Å². The van der Waals surface area contributed by atoms with Gasteiger partial charge in [0.2, 0.25) is 5.91 Å². The van der Waals surface area contributed by atoms with Gasteiger partial charge in [-0.05, 0) is 44.3 Å². The van der Waals surface area contributed by atoms with Gasteiger partial charge < -0.3 is 15.2 Å². The van der Waals surface area contributed by atoms with E-state index in [0.717, 1.165) is 31.5 Å². The van der Waals surface area contributed by atoms with E-state index >= 15 is 0 Å². The highest BCUT2D eigenvalue weighted by Crippen LogP contribution is 2.30. The number of ether oxygens (including phenoxy) is 1. The number of piperidine rings is 1. The fraction of sp³-hybridized carbons (Fsp3) is 0.476. The molecule has 1 atom stereocenters. The molecule has 2 aromatic rings. The number of likely N-dealkylation sites (tertiary alicyclic amines) is 1. The molecule has 29 heavy (non-hydrogen) atoms. The van der Waals surface area contributed by atoms with Crippen molar-refractivity contribution < 1.29 is 19.4 Å². The molecule has 1 aromatic heterocycles. The summed E-state index contributed by atoms with van der Waals surface area (Å²) in [5, 5.41) is 17.4. The molecule has 8 nitrogen and oxygen atoms in total. The van der Waals surface area contributed by atoms with E-state index in [-0.39, 0.29) is 30.5 Å². The van der Waals surface area contributed by atoms with E-state index < -0.39 is 12.1 Å². The van der Waals surface area contributed by atoms with E-state index in [9.17, 15) is 14.7 Å². The Morgan fingerprint density at radius 1 is 1.28 bits per heavy atom. The van der Waals surface area contributed by atoms with Crippen molar-refractivity contribution in [3.63, 3.8) is 0 Å². The van der Waals surface area contributed by atoms with Crippen LogP contribution in [0.5, 0.6) is 0 Å². The number of carbonyl (C=O) groups excluding carboxylic acids is 2. The summed E-state index contributed by atoms with van der Waals surface area (Å²) in [5.41, 5.74) is 1.18. The molecule has 0 radical (unpaired) electrons. The topological polar surface area (TPSA) is 96.7 Å². The van der Waals surface area contributed by atoms with Crippen molar-refractivity contribution in [3.8, 4) is 0 Å². The third kappa shape index (κ3) is 5.21. The van der Waals surface area contributed by atoms with Crippen LogP contribution in [0.4, 0.5) is 5.82 Å². The average Bonchev–Trinajstić information content (AvgIpc) is 3.09. The van der Waals surface area contributed by atoms with E-state index in [4.69, 9.17) is 4.74 Å². The maximum Gasteiger partial charge on any atom is 0.343 e. The normalized spacial score (nSPS) is 16.4. The number of nitrogens with one attached hydrogen (secondary N) is 1. The highest BCUT2D eigenvalue weighted by Gasteiger charge is 2.27. The minimum atomic E-state index is -0.508. The molecule has 1 fully saturated rings. The lowest BCUT2D eigenvalue weighted by Crippen LogP contribution is -2.40. The van der Waals surface area contributed by atoms with E-state index in [1.807, 2.05) is 30.3 Å². The van der Waals surface area contributed by atoms with E-state index in [1.54, 1.807) is 14.0 Å². The van der Waals surface area contributed by atoms with E-state index in [1.165, 1.54) is 10.9 Å². The molecule has 0 aliphatic carbocycles. The number of anilines is 1. The smallest absolute Gasteiger partial charge is 0.343 e. The van der Waals surface area contributed by atoms with Crippen LogP contribution in [0, 0.1) is 5.92 Å². The Balaban J connectivity index is 1.52. The minimum absolute atomic E-state index is 0.184. The first-order chi connectivity index (χ1) is 14.0. The maximum absolute atomic E-state index is 12.5. The number of benzene rings is 1. The summed E-state index contributed by atoms with van der Waals surface area (Å²) in [5.74, 6) is -0.195. The van der Waals surface area contributed by atoms with Gasteiger partial charge in [0, 0.05) is 7.05 Å². The van der Waals surface area contributed by atoms with Gasteiger partial charge in [0.25, 0.3) is 0 Å². The molecule has 0 saturated carbocycles. The second-order valence-electron chi connectivity index (χ2n) is 7.27. The lowest BCUT2D eigenvalue weighted by atomic mass is 9.87. The second-order valence-corrected chi connectivity index (χ2v) is 7.27. The number of aryl methyl sites for hydroxylation is 1. The monoisotopic (exact) mass is 400 g/mol. The summed E-state index contributed by atoms with van der Waals surface area (Å²) < 4.78 is 6.46. The number of aliphatic hydroxyl groups excluding tert-OH is 1. The van der Waals surface area contributed by atoms with Crippen molar-refractivity contribution >= 4 is 17.7 Å². The van der Waals surface area contributed by atoms with Gasteiger partial charge in [-0.1, -0.05) is 30.3 Å². The van der Waals surface area contributed by atoms with Crippen molar-refractivity contribution in [1.29, 1.82) is 0 Å². The number of aromatic nitrogens is 2. The largest absolute Gasteiger partial charge is 0.462 e. The first-order valence-electron chi connectivity index (χ1n) is 9.94. The van der Waals surface area contributed by atoms with Crippen molar-refractivity contribution in [2.24, 2.45) is 13.0 Å². The number of hydrogen-bond donors (Lipinski definition) is 2. The number of esters is 1. The van der Waals surface area contributed by atoms with Gasteiger partial charge in [-0.25, -0.2) is 4.79 Å². The van der Waals surface area contributed by atoms with E-state index in [0.29, 0.717) is 5.82 Å². The third-order valence-electron chi connectivity index (χ3n) is 5.28. The molecule has 0 bridgehead atoms. The SMILES string of the molecule is CCOC(=O)c1cnn(C)c1NC(=O)CN1CCC(C(O)c2ccccc2)CC1. The summed E-state index contributed by atoms with van der Waals surface area (Å²) in [7, 11) is 1.66. The molecule has 1 unspecified atom stereocenters. The zero-order chi connectivity index (χ0) is 20.8. The third-order valence-corrected chi connectivity index (χ3v) is 5.28. The van der Waals surface area contributed by atoms with Crippen LogP contribution in [0.15, 0.2) is 36.5 Å². The highest BCUT2D eigenvalue weighted by atomic mass is 16.5. The van der Waals surface area contributed by atoms with Crippen molar-refractivity contribution in [1.82, 2.24) is 14.7 Å². The lowest BCUT2D eigenvalue weighted by molar-refractivity contribution is -0.117. The summed E-state index contributed by atoms with van der Waals surface area (Å²) >= 11 is 0. The van der Waals surface area contributed by atoms with Crippen molar-refractivity contribution in [3.05, 3.63) is 47.7 Å². The van der Waals surface area contributed by atoms with Crippen LogP contribution < -0.4 is 5.32 Å². The Kier molecular flexibility index (Phi) is 7.00. The number of hydrogen-bond acceptors (Lipinski definition) is 6. The first-order valence-corrected chi connectivity index (χ1v) is 9.94. The molecule has 1 aliphatic heterocycles. The Labute approximate surface area is 170 Å².